The van der Waals surface area contributed by atoms with E-state index in [1.54, 1.807) is 0 Å². The molecule has 0 amide bonds. The monoisotopic (exact) mass is 187 g/mol. The van der Waals surface area contributed by atoms with E-state index < -0.39 is 0 Å². The maximum atomic E-state index is 11.6. The lowest BCUT2D eigenvalue weighted by Crippen LogP contribution is -1.97. The fourth-order valence-electron chi connectivity index (χ4n) is 1.60. The largest absolute Gasteiger partial charge is 0.361 e. The van der Waals surface area contributed by atoms with Crippen molar-refractivity contribution < 1.29 is 4.79 Å². The summed E-state index contributed by atoms with van der Waals surface area (Å²) in [5.41, 5.74) is 1.90. The van der Waals surface area contributed by atoms with Crippen LogP contribution in [0.25, 0.3) is 10.9 Å². The average Bonchev–Trinajstić information content (AvgIpc) is 2.64. The van der Waals surface area contributed by atoms with E-state index in [2.05, 4.69) is 4.98 Å². The molecule has 0 fully saturated rings. The van der Waals surface area contributed by atoms with Gasteiger partial charge in [0.1, 0.15) is 0 Å². The van der Waals surface area contributed by atoms with E-state index in [1.807, 2.05) is 37.4 Å². The van der Waals surface area contributed by atoms with Crippen molar-refractivity contribution in [1.82, 2.24) is 4.98 Å². The van der Waals surface area contributed by atoms with E-state index >= 15 is 0 Å². The number of carbonyl (C=O) groups is 1. The Morgan fingerprint density at radius 1 is 1.36 bits per heavy atom. The summed E-state index contributed by atoms with van der Waals surface area (Å²) in [5, 5.41) is 1.10. The van der Waals surface area contributed by atoms with Gasteiger partial charge in [-0.1, -0.05) is 6.92 Å². The summed E-state index contributed by atoms with van der Waals surface area (Å²) in [7, 11) is 0. The van der Waals surface area contributed by atoms with Gasteiger partial charge < -0.3 is 4.98 Å². The maximum absolute atomic E-state index is 11.6. The highest BCUT2D eigenvalue weighted by Crippen LogP contribution is 2.15. The third kappa shape index (κ3) is 1.55. The number of benzene rings is 1. The second-order valence-corrected chi connectivity index (χ2v) is 3.45. The first-order valence-electron chi connectivity index (χ1n) is 4.91. The highest BCUT2D eigenvalue weighted by atomic mass is 16.1. The van der Waals surface area contributed by atoms with Crippen molar-refractivity contribution in [3.8, 4) is 0 Å². The molecular formula is C12H13NO. The third-order valence-corrected chi connectivity index (χ3v) is 2.35. The lowest BCUT2D eigenvalue weighted by atomic mass is 10.1. The van der Waals surface area contributed by atoms with Crippen molar-refractivity contribution in [2.24, 2.45) is 0 Å². The molecule has 0 aliphatic rings. The Balaban J connectivity index is 2.38. The zero-order chi connectivity index (χ0) is 9.97. The van der Waals surface area contributed by atoms with E-state index in [4.69, 9.17) is 0 Å². The highest BCUT2D eigenvalue weighted by molar-refractivity contribution is 5.99. The van der Waals surface area contributed by atoms with Gasteiger partial charge in [0.05, 0.1) is 0 Å². The summed E-state index contributed by atoms with van der Waals surface area (Å²) >= 11 is 0. The molecule has 2 nitrogen and oxygen atoms in total. The fourth-order valence-corrected chi connectivity index (χ4v) is 1.60. The van der Waals surface area contributed by atoms with Gasteiger partial charge in [0, 0.05) is 29.1 Å². The van der Waals surface area contributed by atoms with Crippen LogP contribution in [0.2, 0.25) is 0 Å². The second kappa shape index (κ2) is 3.66. The van der Waals surface area contributed by atoms with Crippen LogP contribution in [0.1, 0.15) is 30.1 Å². The number of rotatable bonds is 3. The Morgan fingerprint density at radius 2 is 2.21 bits per heavy atom. The zero-order valence-electron chi connectivity index (χ0n) is 8.21. The molecule has 0 aliphatic heterocycles. The molecule has 0 spiro atoms. The van der Waals surface area contributed by atoms with Crippen molar-refractivity contribution in [3.63, 3.8) is 0 Å². The Labute approximate surface area is 82.9 Å². The number of hydrogen-bond acceptors (Lipinski definition) is 1. The van der Waals surface area contributed by atoms with Crippen LogP contribution in [-0.2, 0) is 0 Å². The van der Waals surface area contributed by atoms with Crippen LogP contribution in [0.5, 0.6) is 0 Å². The Hall–Kier alpha value is -1.57. The molecule has 0 bridgehead atoms. The zero-order valence-corrected chi connectivity index (χ0v) is 8.21. The number of H-pyrrole nitrogens is 1. The summed E-state index contributed by atoms with van der Waals surface area (Å²) in [6.07, 6.45) is 3.43. The molecule has 0 aliphatic carbocycles. The Kier molecular flexibility index (Phi) is 2.35. The molecule has 1 N–H and O–H groups in total. The Morgan fingerprint density at radius 3 is 3.00 bits per heavy atom. The minimum atomic E-state index is 0.232. The quantitative estimate of drug-likeness (QED) is 0.735. The van der Waals surface area contributed by atoms with Crippen molar-refractivity contribution in [2.45, 2.75) is 19.8 Å². The van der Waals surface area contributed by atoms with Crippen molar-refractivity contribution >= 4 is 16.7 Å². The number of hydrogen-bond donors (Lipinski definition) is 1. The first-order chi connectivity index (χ1) is 6.81. The summed E-state index contributed by atoms with van der Waals surface area (Å²) in [6.45, 7) is 2.02. The van der Waals surface area contributed by atoms with Gasteiger partial charge in [0.25, 0.3) is 0 Å². The standard InChI is InChI=1S/C12H13NO/c1-2-3-12(14)10-4-5-11-9(8-10)6-7-13-11/h4-8,13H,2-3H2,1H3. The van der Waals surface area contributed by atoms with Crippen LogP contribution in [0.15, 0.2) is 30.5 Å². The van der Waals surface area contributed by atoms with Crippen LogP contribution in [-0.4, -0.2) is 10.8 Å². The molecule has 2 heteroatoms. The van der Waals surface area contributed by atoms with Crippen LogP contribution >= 0.6 is 0 Å². The van der Waals surface area contributed by atoms with E-state index in [-0.39, 0.29) is 5.78 Å². The molecular weight excluding hydrogens is 174 g/mol. The third-order valence-electron chi connectivity index (χ3n) is 2.35. The molecule has 1 aromatic heterocycles. The normalized spacial score (nSPS) is 10.6. The first kappa shape index (κ1) is 9.00. The molecule has 1 heterocycles. The molecule has 2 rings (SSSR count). The van der Waals surface area contributed by atoms with Crippen LogP contribution in [0, 0.1) is 0 Å². The number of Topliss-reactive ketones (excluding diaryl/α,β-unsaturated/α-hetero) is 1. The van der Waals surface area contributed by atoms with Gasteiger partial charge in [0.2, 0.25) is 0 Å². The Bertz CT molecular complexity index is 456. The van der Waals surface area contributed by atoms with E-state index in [0.717, 1.165) is 22.9 Å². The summed E-state index contributed by atoms with van der Waals surface area (Å²) in [5.74, 6) is 0.232. The highest BCUT2D eigenvalue weighted by Gasteiger charge is 2.04. The number of ketones is 1. The minimum absolute atomic E-state index is 0.232. The van der Waals surface area contributed by atoms with Gasteiger partial charge in [-0.3, -0.25) is 4.79 Å². The number of fused-ring (bicyclic) bond motifs is 1. The lowest BCUT2D eigenvalue weighted by molar-refractivity contribution is 0.0982. The van der Waals surface area contributed by atoms with Crippen molar-refractivity contribution in [1.29, 1.82) is 0 Å². The SMILES string of the molecule is CCCC(=O)c1ccc2[nH]ccc2c1. The van der Waals surface area contributed by atoms with Crippen LogP contribution in [0.3, 0.4) is 0 Å². The van der Waals surface area contributed by atoms with Gasteiger partial charge in [-0.2, -0.15) is 0 Å². The van der Waals surface area contributed by atoms with Gasteiger partial charge in [-0.05, 0) is 30.7 Å². The van der Waals surface area contributed by atoms with Gasteiger partial charge in [-0.15, -0.1) is 0 Å². The lowest BCUT2D eigenvalue weighted by Gasteiger charge is -1.98. The smallest absolute Gasteiger partial charge is 0.162 e. The predicted octanol–water partition coefficient (Wildman–Crippen LogP) is 3.15. The maximum Gasteiger partial charge on any atom is 0.162 e. The minimum Gasteiger partial charge on any atom is -0.361 e. The number of aromatic nitrogens is 1. The topological polar surface area (TPSA) is 32.9 Å². The molecule has 72 valence electrons. The molecule has 0 radical (unpaired) electrons. The molecule has 0 unspecified atom stereocenters. The number of carbonyl (C=O) groups excluding carboxylic acids is 1. The second-order valence-electron chi connectivity index (χ2n) is 3.45. The number of nitrogens with one attached hydrogen (secondary N) is 1. The molecule has 2 aromatic rings. The molecule has 14 heavy (non-hydrogen) atoms. The molecule has 0 saturated heterocycles. The molecule has 1 aromatic carbocycles. The van der Waals surface area contributed by atoms with Crippen molar-refractivity contribution in [3.05, 3.63) is 36.0 Å². The van der Waals surface area contributed by atoms with E-state index in [9.17, 15) is 4.79 Å². The van der Waals surface area contributed by atoms with E-state index in [0.29, 0.717) is 6.42 Å². The molecule has 0 atom stereocenters. The first-order valence-corrected chi connectivity index (χ1v) is 4.91. The number of aromatic amines is 1. The predicted molar refractivity (Wildman–Crippen MR) is 57.5 cm³/mol. The van der Waals surface area contributed by atoms with Gasteiger partial charge in [-0.25, -0.2) is 0 Å². The van der Waals surface area contributed by atoms with Crippen LogP contribution in [0.4, 0.5) is 0 Å². The van der Waals surface area contributed by atoms with E-state index in [1.165, 1.54) is 0 Å². The van der Waals surface area contributed by atoms with Crippen LogP contribution < -0.4 is 0 Å². The summed E-state index contributed by atoms with van der Waals surface area (Å²) in [4.78, 5) is 14.7. The van der Waals surface area contributed by atoms with Gasteiger partial charge >= 0.3 is 0 Å². The van der Waals surface area contributed by atoms with Gasteiger partial charge in [0.15, 0.2) is 5.78 Å². The summed E-state index contributed by atoms with van der Waals surface area (Å²) < 4.78 is 0. The van der Waals surface area contributed by atoms with Crippen molar-refractivity contribution in [2.75, 3.05) is 0 Å². The summed E-state index contributed by atoms with van der Waals surface area (Å²) in [6, 6.07) is 7.77. The average molecular weight is 187 g/mol. The molecule has 0 saturated carbocycles. The fraction of sp³-hybridized carbons (Fsp3) is 0.250.